The van der Waals surface area contributed by atoms with Crippen LogP contribution in [0.15, 0.2) is 35.5 Å². The highest BCUT2D eigenvalue weighted by atomic mass is 32.1. The molecule has 5 nitrogen and oxygen atoms in total. The lowest BCUT2D eigenvalue weighted by molar-refractivity contribution is -0.116. The number of benzene rings is 1. The minimum Gasteiger partial charge on any atom is -0.385 e. The Hall–Kier alpha value is -2.54. The van der Waals surface area contributed by atoms with Crippen molar-refractivity contribution in [2.75, 3.05) is 11.1 Å². The Bertz CT molecular complexity index is 950. The lowest BCUT2D eigenvalue weighted by atomic mass is 9.76. The molecule has 0 saturated carbocycles. The van der Waals surface area contributed by atoms with Crippen molar-refractivity contribution >= 4 is 29.6 Å². The molecular formula is C17H15FN4OS. The number of H-pyrrole nitrogens is 1. The minimum atomic E-state index is -0.445. The van der Waals surface area contributed by atoms with E-state index in [-0.39, 0.29) is 16.4 Å². The molecule has 0 fully saturated rings. The molecule has 0 saturated heterocycles. The fraction of sp³-hybridized carbons (Fsp3) is 0.235. The van der Waals surface area contributed by atoms with Crippen LogP contribution in [0.1, 0.15) is 36.3 Å². The van der Waals surface area contributed by atoms with Crippen molar-refractivity contribution < 1.29 is 9.18 Å². The van der Waals surface area contributed by atoms with Gasteiger partial charge in [-0.1, -0.05) is 12.1 Å². The summed E-state index contributed by atoms with van der Waals surface area (Å²) in [5, 5.41) is 3.21. The Morgan fingerprint density at radius 3 is 2.96 bits per heavy atom. The Balaban J connectivity index is 2.01. The Labute approximate surface area is 142 Å². The van der Waals surface area contributed by atoms with Crippen LogP contribution in [0.2, 0.25) is 0 Å². The number of nitrogens with one attached hydrogen (secondary N) is 2. The van der Waals surface area contributed by atoms with E-state index in [1.165, 1.54) is 12.1 Å². The quantitative estimate of drug-likeness (QED) is 0.692. The van der Waals surface area contributed by atoms with E-state index >= 15 is 0 Å². The molecule has 1 aromatic carbocycles. The summed E-state index contributed by atoms with van der Waals surface area (Å²) in [5.74, 6) is 0.147. The number of ketones is 1. The molecule has 122 valence electrons. The SMILES string of the molecule is Nc1[nH]c(=S)nc2c1C(c1cccc(F)c1)C1=C(CCCC1=O)N2. The largest absolute Gasteiger partial charge is 0.385 e. The molecule has 2 aliphatic rings. The molecule has 7 heteroatoms. The van der Waals surface area contributed by atoms with E-state index in [4.69, 9.17) is 18.0 Å². The molecule has 0 spiro atoms. The standard InChI is InChI=1S/C17H15FN4OS/c18-9-4-1-3-8(7-9)12-13-10(5-2-6-11(13)23)20-16-14(12)15(19)21-17(24)22-16/h1,3-4,7,12H,2,5-6H2,(H4,19,20,21,22,24). The van der Waals surface area contributed by atoms with Gasteiger partial charge in [0, 0.05) is 29.2 Å². The van der Waals surface area contributed by atoms with Crippen LogP contribution >= 0.6 is 12.2 Å². The van der Waals surface area contributed by atoms with Crippen molar-refractivity contribution in [2.45, 2.75) is 25.2 Å². The molecule has 0 amide bonds. The van der Waals surface area contributed by atoms with Crippen LogP contribution in [-0.4, -0.2) is 15.8 Å². The van der Waals surface area contributed by atoms with Gasteiger partial charge in [0.2, 0.25) is 0 Å². The number of allylic oxidation sites excluding steroid dienone is 2. The molecule has 2 heterocycles. The lowest BCUT2D eigenvalue weighted by Gasteiger charge is -2.33. The number of halogens is 1. The first kappa shape index (κ1) is 15.0. The van der Waals surface area contributed by atoms with Gasteiger partial charge in [0.05, 0.1) is 0 Å². The van der Waals surface area contributed by atoms with E-state index in [0.29, 0.717) is 34.8 Å². The zero-order valence-electron chi connectivity index (χ0n) is 12.7. The number of hydrogen-bond donors (Lipinski definition) is 3. The van der Waals surface area contributed by atoms with E-state index in [1.807, 2.05) is 0 Å². The van der Waals surface area contributed by atoms with Crippen LogP contribution in [-0.2, 0) is 4.79 Å². The molecule has 4 rings (SSSR count). The predicted molar refractivity (Wildman–Crippen MR) is 91.6 cm³/mol. The van der Waals surface area contributed by atoms with Crippen LogP contribution in [0.3, 0.4) is 0 Å². The fourth-order valence-electron chi connectivity index (χ4n) is 3.52. The molecule has 1 unspecified atom stereocenters. The summed E-state index contributed by atoms with van der Waals surface area (Å²) in [6, 6.07) is 6.25. The molecule has 1 aromatic heterocycles. The number of anilines is 2. The minimum absolute atomic E-state index is 0.0607. The van der Waals surface area contributed by atoms with Crippen molar-refractivity contribution in [3.63, 3.8) is 0 Å². The van der Waals surface area contributed by atoms with Crippen LogP contribution in [0.25, 0.3) is 0 Å². The van der Waals surface area contributed by atoms with Gasteiger partial charge in [0.15, 0.2) is 10.6 Å². The van der Waals surface area contributed by atoms with Crippen molar-refractivity contribution in [3.8, 4) is 0 Å². The second kappa shape index (κ2) is 5.52. The second-order valence-corrected chi connectivity index (χ2v) is 6.39. The van der Waals surface area contributed by atoms with E-state index in [0.717, 1.165) is 18.5 Å². The van der Waals surface area contributed by atoms with Crippen LogP contribution in [0.4, 0.5) is 16.0 Å². The van der Waals surface area contributed by atoms with Gasteiger partial charge in [-0.2, -0.15) is 0 Å². The lowest BCUT2D eigenvalue weighted by Crippen LogP contribution is -2.28. The van der Waals surface area contributed by atoms with Crippen molar-refractivity contribution in [2.24, 2.45) is 0 Å². The molecule has 0 bridgehead atoms. The molecule has 1 aliphatic heterocycles. The highest BCUT2D eigenvalue weighted by Crippen LogP contribution is 2.46. The highest BCUT2D eigenvalue weighted by Gasteiger charge is 2.37. The molecule has 24 heavy (non-hydrogen) atoms. The molecule has 4 N–H and O–H groups in total. The second-order valence-electron chi connectivity index (χ2n) is 6.00. The summed E-state index contributed by atoms with van der Waals surface area (Å²) in [7, 11) is 0. The topological polar surface area (TPSA) is 83.8 Å². The summed E-state index contributed by atoms with van der Waals surface area (Å²) >= 11 is 5.10. The Morgan fingerprint density at radius 1 is 1.33 bits per heavy atom. The summed E-state index contributed by atoms with van der Waals surface area (Å²) in [4.78, 5) is 19.8. The smallest absolute Gasteiger partial charge is 0.200 e. The van der Waals surface area contributed by atoms with Gasteiger partial charge in [-0.3, -0.25) is 4.79 Å². The number of rotatable bonds is 1. The number of nitrogen functional groups attached to an aromatic ring is 1. The van der Waals surface area contributed by atoms with Gasteiger partial charge in [-0.15, -0.1) is 0 Å². The maximum atomic E-state index is 13.8. The summed E-state index contributed by atoms with van der Waals surface area (Å²) < 4.78 is 14.1. The first-order chi connectivity index (χ1) is 11.5. The van der Waals surface area contributed by atoms with Gasteiger partial charge in [0.1, 0.15) is 17.5 Å². The maximum absolute atomic E-state index is 13.8. The third-order valence-corrected chi connectivity index (χ3v) is 4.68. The normalized spacial score (nSPS) is 19.5. The van der Waals surface area contributed by atoms with Gasteiger partial charge in [0.25, 0.3) is 0 Å². The summed E-state index contributed by atoms with van der Waals surface area (Å²) in [6.07, 6.45) is 2.02. The number of carbonyl (C=O) groups excluding carboxylic acids is 1. The van der Waals surface area contributed by atoms with E-state index in [1.54, 1.807) is 12.1 Å². The van der Waals surface area contributed by atoms with Gasteiger partial charge >= 0.3 is 0 Å². The maximum Gasteiger partial charge on any atom is 0.200 e. The number of aromatic nitrogens is 2. The zero-order chi connectivity index (χ0) is 16.8. The predicted octanol–water partition coefficient (Wildman–Crippen LogP) is 3.42. The number of nitrogens with two attached hydrogens (primary N) is 1. The Kier molecular flexibility index (Phi) is 3.45. The summed E-state index contributed by atoms with van der Waals surface area (Å²) in [5.41, 5.74) is 8.95. The monoisotopic (exact) mass is 342 g/mol. The highest BCUT2D eigenvalue weighted by molar-refractivity contribution is 7.71. The molecule has 2 aromatic rings. The molecular weight excluding hydrogens is 327 g/mol. The van der Waals surface area contributed by atoms with Gasteiger partial charge < -0.3 is 16.0 Å². The first-order valence-electron chi connectivity index (χ1n) is 7.73. The number of hydrogen-bond acceptors (Lipinski definition) is 5. The molecule has 1 aliphatic carbocycles. The molecule has 1 atom stereocenters. The van der Waals surface area contributed by atoms with Crippen LogP contribution < -0.4 is 11.1 Å². The average Bonchev–Trinajstić information content (AvgIpc) is 2.53. The van der Waals surface area contributed by atoms with Crippen LogP contribution in [0.5, 0.6) is 0 Å². The van der Waals surface area contributed by atoms with Crippen molar-refractivity contribution in [3.05, 3.63) is 57.3 Å². The number of Topliss-reactive ketones (excluding diaryl/α,β-unsaturated/α-hetero) is 1. The molecule has 0 radical (unpaired) electrons. The Morgan fingerprint density at radius 2 is 2.17 bits per heavy atom. The average molecular weight is 342 g/mol. The fourth-order valence-corrected chi connectivity index (χ4v) is 3.72. The number of aromatic amines is 1. The van der Waals surface area contributed by atoms with Crippen molar-refractivity contribution in [1.82, 2.24) is 9.97 Å². The number of fused-ring (bicyclic) bond motifs is 1. The van der Waals surface area contributed by atoms with Gasteiger partial charge in [-0.05, 0) is 42.8 Å². The zero-order valence-corrected chi connectivity index (χ0v) is 13.5. The van der Waals surface area contributed by atoms with E-state index in [2.05, 4.69) is 15.3 Å². The van der Waals surface area contributed by atoms with E-state index < -0.39 is 5.92 Å². The number of carbonyl (C=O) groups is 1. The first-order valence-corrected chi connectivity index (χ1v) is 8.14. The third kappa shape index (κ3) is 2.32. The van der Waals surface area contributed by atoms with Gasteiger partial charge in [-0.25, -0.2) is 9.37 Å². The summed E-state index contributed by atoms with van der Waals surface area (Å²) in [6.45, 7) is 0. The third-order valence-electron chi connectivity index (χ3n) is 4.49. The van der Waals surface area contributed by atoms with E-state index in [9.17, 15) is 9.18 Å². The number of nitrogens with zero attached hydrogens (tertiary/aromatic N) is 1. The van der Waals surface area contributed by atoms with Crippen molar-refractivity contribution in [1.29, 1.82) is 0 Å². The van der Waals surface area contributed by atoms with Crippen LogP contribution in [0, 0.1) is 10.6 Å².